The lowest BCUT2D eigenvalue weighted by Gasteiger charge is -2.32. The summed E-state index contributed by atoms with van der Waals surface area (Å²) < 4.78 is 5.75. The van der Waals surface area contributed by atoms with Crippen molar-refractivity contribution >= 4 is 5.91 Å². The van der Waals surface area contributed by atoms with Gasteiger partial charge in [-0.15, -0.1) is 0 Å². The Kier molecular flexibility index (Phi) is 8.01. The molecular weight excluding hydrogens is 264 g/mol. The lowest BCUT2D eigenvalue weighted by Crippen LogP contribution is -2.56. The second kappa shape index (κ2) is 9.53. The van der Waals surface area contributed by atoms with Crippen molar-refractivity contribution in [3.8, 4) is 0 Å². The number of primary amides is 1. The van der Waals surface area contributed by atoms with E-state index in [2.05, 4.69) is 19.2 Å². The molecule has 118 valence electrons. The van der Waals surface area contributed by atoms with Crippen LogP contribution in [0.5, 0.6) is 0 Å². The fraction of sp³-hybridized carbons (Fsp3) is 0.588. The van der Waals surface area contributed by atoms with Gasteiger partial charge >= 0.3 is 0 Å². The van der Waals surface area contributed by atoms with Crippen molar-refractivity contribution in [3.05, 3.63) is 35.9 Å². The number of amides is 1. The van der Waals surface area contributed by atoms with Crippen LogP contribution >= 0.6 is 0 Å². The molecule has 1 aromatic rings. The highest BCUT2D eigenvalue weighted by molar-refractivity contribution is 5.86. The second-order valence-electron chi connectivity index (χ2n) is 5.32. The maximum Gasteiger partial charge on any atom is 0.244 e. The molecule has 1 rings (SSSR count). The molecule has 0 aliphatic heterocycles. The number of unbranched alkanes of at least 4 members (excludes halogenated alkanes) is 2. The van der Waals surface area contributed by atoms with Crippen molar-refractivity contribution in [2.75, 3.05) is 19.8 Å². The van der Waals surface area contributed by atoms with Crippen LogP contribution in [0.2, 0.25) is 0 Å². The van der Waals surface area contributed by atoms with Crippen LogP contribution in [0.3, 0.4) is 0 Å². The lowest BCUT2D eigenvalue weighted by molar-refractivity contribution is -0.127. The van der Waals surface area contributed by atoms with E-state index in [0.717, 1.165) is 37.8 Å². The van der Waals surface area contributed by atoms with Gasteiger partial charge in [-0.1, -0.05) is 57.0 Å². The van der Waals surface area contributed by atoms with E-state index in [1.54, 1.807) is 0 Å². The molecule has 1 unspecified atom stereocenters. The highest BCUT2D eigenvalue weighted by Gasteiger charge is 2.38. The number of nitrogens with one attached hydrogen (secondary N) is 1. The summed E-state index contributed by atoms with van der Waals surface area (Å²) in [6.45, 7) is 5.86. The Morgan fingerprint density at radius 2 is 1.90 bits per heavy atom. The van der Waals surface area contributed by atoms with E-state index >= 15 is 0 Å². The third-order valence-electron chi connectivity index (χ3n) is 3.57. The molecule has 1 aromatic carbocycles. The fourth-order valence-corrected chi connectivity index (χ4v) is 2.28. The number of hydrogen-bond acceptors (Lipinski definition) is 3. The molecule has 21 heavy (non-hydrogen) atoms. The first kappa shape index (κ1) is 17.7. The molecular formula is C17H28N2O2. The molecule has 0 bridgehead atoms. The van der Waals surface area contributed by atoms with Gasteiger partial charge in [0.1, 0.15) is 5.54 Å². The van der Waals surface area contributed by atoms with Crippen LogP contribution in [0, 0.1) is 0 Å². The van der Waals surface area contributed by atoms with Crippen molar-refractivity contribution < 1.29 is 9.53 Å². The van der Waals surface area contributed by atoms with E-state index in [-0.39, 0.29) is 6.61 Å². The molecule has 0 heterocycles. The summed E-state index contributed by atoms with van der Waals surface area (Å²) in [4.78, 5) is 12.1. The van der Waals surface area contributed by atoms with Crippen molar-refractivity contribution in [3.63, 3.8) is 0 Å². The van der Waals surface area contributed by atoms with Crippen LogP contribution in [-0.2, 0) is 15.1 Å². The summed E-state index contributed by atoms with van der Waals surface area (Å²) in [6, 6.07) is 9.60. The van der Waals surface area contributed by atoms with Gasteiger partial charge in [0.2, 0.25) is 5.91 Å². The zero-order chi connectivity index (χ0) is 15.6. The lowest BCUT2D eigenvalue weighted by atomic mass is 9.89. The number of rotatable bonds is 11. The topological polar surface area (TPSA) is 64.3 Å². The zero-order valence-corrected chi connectivity index (χ0v) is 13.2. The molecule has 0 aliphatic rings. The summed E-state index contributed by atoms with van der Waals surface area (Å²) >= 11 is 0. The average Bonchev–Trinajstić information content (AvgIpc) is 2.51. The van der Waals surface area contributed by atoms with Crippen LogP contribution in [-0.4, -0.2) is 25.7 Å². The molecule has 0 fully saturated rings. The average molecular weight is 292 g/mol. The van der Waals surface area contributed by atoms with Gasteiger partial charge in [-0.25, -0.2) is 0 Å². The van der Waals surface area contributed by atoms with Crippen LogP contribution in [0.15, 0.2) is 30.3 Å². The molecule has 4 heteroatoms. The molecule has 3 N–H and O–H groups in total. The smallest absolute Gasteiger partial charge is 0.244 e. The van der Waals surface area contributed by atoms with E-state index < -0.39 is 11.4 Å². The normalized spacial score (nSPS) is 13.8. The predicted octanol–water partition coefficient (Wildman–Crippen LogP) is 2.57. The summed E-state index contributed by atoms with van der Waals surface area (Å²) in [5.74, 6) is -0.391. The first-order valence-electron chi connectivity index (χ1n) is 7.85. The molecule has 0 spiro atoms. The number of ether oxygens (including phenoxy) is 1. The van der Waals surface area contributed by atoms with E-state index in [1.807, 2.05) is 30.3 Å². The van der Waals surface area contributed by atoms with Crippen LogP contribution < -0.4 is 11.1 Å². The standard InChI is InChI=1S/C17H28N2O2/c1-3-5-9-13-21-14-17(16(18)20,19-12-4-2)15-10-7-6-8-11-15/h6-8,10-11,19H,3-5,9,12-14H2,1-2H3,(H2,18,20). The van der Waals surface area contributed by atoms with Gasteiger partial charge in [-0.05, 0) is 24.9 Å². The number of carbonyl (C=O) groups is 1. The maximum atomic E-state index is 12.1. The maximum absolute atomic E-state index is 12.1. The van der Waals surface area contributed by atoms with Crippen molar-refractivity contribution in [2.24, 2.45) is 5.73 Å². The molecule has 0 aromatic heterocycles. The Bertz CT molecular complexity index is 409. The van der Waals surface area contributed by atoms with Crippen LogP contribution in [0.1, 0.15) is 45.1 Å². The number of nitrogens with two attached hydrogens (primary N) is 1. The van der Waals surface area contributed by atoms with Gasteiger partial charge in [-0.2, -0.15) is 0 Å². The SMILES string of the molecule is CCCCCOCC(NCCC)(C(N)=O)c1ccccc1. The zero-order valence-electron chi connectivity index (χ0n) is 13.2. The molecule has 0 saturated carbocycles. The number of hydrogen-bond donors (Lipinski definition) is 2. The molecule has 1 amide bonds. The summed E-state index contributed by atoms with van der Waals surface area (Å²) in [6.07, 6.45) is 4.22. The first-order valence-corrected chi connectivity index (χ1v) is 7.85. The van der Waals surface area contributed by atoms with Crippen LogP contribution in [0.4, 0.5) is 0 Å². The second-order valence-corrected chi connectivity index (χ2v) is 5.32. The van der Waals surface area contributed by atoms with E-state index in [9.17, 15) is 4.79 Å². The van der Waals surface area contributed by atoms with Gasteiger partial charge in [0.15, 0.2) is 0 Å². The van der Waals surface area contributed by atoms with E-state index in [1.165, 1.54) is 0 Å². The number of carbonyl (C=O) groups excluding carboxylic acids is 1. The molecule has 1 atom stereocenters. The van der Waals surface area contributed by atoms with E-state index in [4.69, 9.17) is 10.5 Å². The van der Waals surface area contributed by atoms with Gasteiger partial charge < -0.3 is 10.5 Å². The minimum atomic E-state index is -0.941. The fourth-order valence-electron chi connectivity index (χ4n) is 2.28. The highest BCUT2D eigenvalue weighted by atomic mass is 16.5. The Morgan fingerprint density at radius 1 is 1.19 bits per heavy atom. The predicted molar refractivity (Wildman–Crippen MR) is 86.0 cm³/mol. The molecule has 0 radical (unpaired) electrons. The third kappa shape index (κ3) is 5.14. The van der Waals surface area contributed by atoms with Gasteiger partial charge in [-0.3, -0.25) is 10.1 Å². The van der Waals surface area contributed by atoms with Crippen molar-refractivity contribution in [1.29, 1.82) is 0 Å². The first-order chi connectivity index (χ1) is 10.2. The Balaban J connectivity index is 2.83. The molecule has 0 aliphatic carbocycles. The molecule has 0 saturated heterocycles. The highest BCUT2D eigenvalue weighted by Crippen LogP contribution is 2.22. The Morgan fingerprint density at radius 3 is 2.48 bits per heavy atom. The van der Waals surface area contributed by atoms with Gasteiger partial charge in [0.05, 0.1) is 6.61 Å². The van der Waals surface area contributed by atoms with Crippen molar-refractivity contribution in [1.82, 2.24) is 5.32 Å². The van der Waals surface area contributed by atoms with Gasteiger partial charge in [0, 0.05) is 6.61 Å². The minimum absolute atomic E-state index is 0.274. The Hall–Kier alpha value is -1.39. The summed E-state index contributed by atoms with van der Waals surface area (Å²) in [5, 5.41) is 3.29. The van der Waals surface area contributed by atoms with Crippen molar-refractivity contribution in [2.45, 2.75) is 45.1 Å². The van der Waals surface area contributed by atoms with Gasteiger partial charge in [0.25, 0.3) is 0 Å². The quantitative estimate of drug-likeness (QED) is 0.616. The third-order valence-corrected chi connectivity index (χ3v) is 3.57. The monoisotopic (exact) mass is 292 g/mol. The minimum Gasteiger partial charge on any atom is -0.379 e. The summed E-state index contributed by atoms with van der Waals surface area (Å²) in [5.41, 5.74) is 5.63. The largest absolute Gasteiger partial charge is 0.379 e. The van der Waals surface area contributed by atoms with Crippen LogP contribution in [0.25, 0.3) is 0 Å². The molecule has 4 nitrogen and oxygen atoms in total. The van der Waals surface area contributed by atoms with E-state index in [0.29, 0.717) is 6.61 Å². The Labute approximate surface area is 128 Å². The number of benzene rings is 1. The summed E-state index contributed by atoms with van der Waals surface area (Å²) in [7, 11) is 0.